The summed E-state index contributed by atoms with van der Waals surface area (Å²) in [7, 11) is 25.0. The van der Waals surface area contributed by atoms with Gasteiger partial charge < -0.3 is 30.6 Å². The number of ketones is 6. The summed E-state index contributed by atoms with van der Waals surface area (Å²) >= 11 is 0. The van der Waals surface area contributed by atoms with E-state index >= 15 is 0 Å². The van der Waals surface area contributed by atoms with Crippen LogP contribution >= 0.6 is 55.8 Å². The van der Waals surface area contributed by atoms with Crippen LogP contribution in [0.15, 0.2) is 71.0 Å². The van der Waals surface area contributed by atoms with Gasteiger partial charge in [0.1, 0.15) is 0 Å². The van der Waals surface area contributed by atoms with Gasteiger partial charge in [0.2, 0.25) is 0 Å². The van der Waals surface area contributed by atoms with Crippen LogP contribution in [0.4, 0.5) is 0 Å². The van der Waals surface area contributed by atoms with Crippen molar-refractivity contribution in [3.05, 3.63) is 71.0 Å². The van der Waals surface area contributed by atoms with Crippen molar-refractivity contribution < 1.29 is 111 Å². The Balaban J connectivity index is -0.0000000573. The van der Waals surface area contributed by atoms with E-state index in [4.69, 9.17) is 55.8 Å². The maximum absolute atomic E-state index is 9.98. The fourth-order valence-electron chi connectivity index (χ4n) is 1.72. The van der Waals surface area contributed by atoms with Gasteiger partial charge in [0.15, 0.2) is 34.7 Å². The van der Waals surface area contributed by atoms with Crippen LogP contribution in [-0.4, -0.2) is 34.7 Å². The first-order chi connectivity index (χ1) is 21.2. The molecule has 0 bridgehead atoms. The van der Waals surface area contributed by atoms with E-state index in [1.165, 1.54) is 83.1 Å². The first-order valence-corrected chi connectivity index (χ1v) is 25.9. The van der Waals surface area contributed by atoms with E-state index in [1.54, 1.807) is 0 Å². The monoisotopic (exact) mass is 948 g/mol. The average molecular weight is 951 g/mol. The summed E-state index contributed by atoms with van der Waals surface area (Å²) in [5.41, 5.74) is 0. The van der Waals surface area contributed by atoms with Crippen molar-refractivity contribution in [2.45, 2.75) is 83.1 Å². The smallest absolute Gasteiger partial charge is 4.00 e. The van der Waals surface area contributed by atoms with Gasteiger partial charge in [0, 0.05) is 0 Å². The van der Waals surface area contributed by atoms with Gasteiger partial charge in [-0.1, -0.05) is 41.5 Å². The van der Waals surface area contributed by atoms with E-state index in [9.17, 15) is 59.4 Å². The molecule has 21 heteroatoms. The molecule has 0 N–H and O–H groups in total. The molecule has 0 amide bonds. The molecule has 0 aromatic rings. The summed E-state index contributed by atoms with van der Waals surface area (Å²) in [5, 5.41) is 59.9. The van der Waals surface area contributed by atoms with Gasteiger partial charge in [-0.05, 0) is 78.0 Å². The maximum Gasteiger partial charge on any atom is 4.00 e. The summed E-state index contributed by atoms with van der Waals surface area (Å²) < 4.78 is 0. The quantitative estimate of drug-likeness (QED) is 0.212. The van der Waals surface area contributed by atoms with Crippen molar-refractivity contribution in [3.63, 3.8) is 0 Å². The molecule has 288 valence electrons. The number of halogens is 6. The number of carbonyl (C=O) groups excluding carboxylic acids is 6. The molecule has 0 heterocycles. The van der Waals surface area contributed by atoms with E-state index in [-0.39, 0.29) is 113 Å². The molecular weight excluding hydrogens is 909 g/mol. The first-order valence-electron chi connectivity index (χ1n) is 13.0. The Morgan fingerprint density at radius 1 is 0.314 bits per heavy atom. The molecule has 51 heavy (non-hydrogen) atoms. The predicted octanol–water partition coefficient (Wildman–Crippen LogP) is 3.17. The third kappa shape index (κ3) is 204. The van der Waals surface area contributed by atoms with E-state index in [0.717, 1.165) is 36.5 Å². The van der Waals surface area contributed by atoms with Crippen LogP contribution in [0.25, 0.3) is 0 Å². The largest absolute Gasteiger partial charge is 4.00 e. The third-order valence-corrected chi connectivity index (χ3v) is 2.44. The Bertz CT molecular complexity index is 1030. The summed E-state index contributed by atoms with van der Waals surface area (Å²) in [6.07, 6.45) is 6.33. The molecule has 0 spiro atoms. The number of allylic oxidation sites excluding steroid dienone is 12. The van der Waals surface area contributed by atoms with E-state index in [1.807, 2.05) is 0 Å². The number of carbonyl (C=O) groups is 6. The van der Waals surface area contributed by atoms with Crippen LogP contribution < -0.4 is 30.6 Å². The zero-order valence-corrected chi connectivity index (χ0v) is 39.4. The zero-order chi connectivity index (χ0) is 41.6. The van der Waals surface area contributed by atoms with Crippen molar-refractivity contribution in [1.82, 2.24) is 0 Å². The maximum atomic E-state index is 9.98. The van der Waals surface area contributed by atoms with E-state index in [0.29, 0.717) is 0 Å². The minimum absolute atomic E-state index is 0. The number of hydrogen-bond acceptors (Lipinski definition) is 12. The average Bonchev–Trinajstić information content (AvgIpc) is 2.67. The Morgan fingerprint density at radius 2 is 0.373 bits per heavy atom. The molecule has 12 nitrogen and oxygen atoms in total. The van der Waals surface area contributed by atoms with Gasteiger partial charge in [-0.2, -0.15) is 0 Å². The van der Waals surface area contributed by atoms with E-state index < -0.39 is 7.66 Å². The van der Waals surface area contributed by atoms with Gasteiger partial charge in [-0.15, -0.1) is 34.6 Å². The summed E-state index contributed by atoms with van der Waals surface area (Å²) in [4.78, 5) is 59.9. The zero-order valence-electron chi connectivity index (χ0n) is 30.1. The minimum atomic E-state index is -5.33. The van der Waals surface area contributed by atoms with Crippen molar-refractivity contribution in [3.8, 4) is 0 Å². The van der Waals surface area contributed by atoms with Gasteiger partial charge in [0.05, 0.1) is 0 Å². The van der Waals surface area contributed by atoms with Crippen molar-refractivity contribution in [2.75, 3.05) is 0 Å². The summed E-state index contributed by atoms with van der Waals surface area (Å²) in [5.74, 6) is -2.25. The van der Waals surface area contributed by atoms with Crippen LogP contribution in [-0.2, 0) is 79.9 Å². The molecule has 0 aliphatic carbocycles. The molecule has 0 rings (SSSR count). The van der Waals surface area contributed by atoms with Crippen LogP contribution in [0, 0.1) is 0 Å². The molecular formula is C30H42Cl6O12Ti3. The molecule has 0 atom stereocenters. The molecule has 0 radical (unpaired) electrons. The predicted molar refractivity (Wildman–Crippen MR) is 182 cm³/mol. The fourth-order valence-corrected chi connectivity index (χ4v) is 1.72. The topological polar surface area (TPSA) is 241 Å². The van der Waals surface area contributed by atoms with Crippen LogP contribution in [0.1, 0.15) is 83.1 Å². The normalized spacial score (nSPS) is 12.6. The molecule has 0 saturated heterocycles. The molecule has 0 aromatic carbocycles. The first kappa shape index (κ1) is 71.5. The SMILES string of the molecule is CC(=O)C=C(C)[O-].CC(=O)C=C(C)[O-].CC(=O)C=C(C)[O-].CC(=O)C=C(C)[O-].CC(=O)C=C(C)[O-].CC(=O)C=C(C)[O-].[Cl][Ti-2]([Cl])([Cl])([Cl])([Cl])[Cl].[Ti+4].[Ti+4]. The van der Waals surface area contributed by atoms with Gasteiger partial charge in [0.25, 0.3) is 0 Å². The van der Waals surface area contributed by atoms with Crippen LogP contribution in [0.2, 0.25) is 0 Å². The second kappa shape index (κ2) is 36.1. The second-order valence-electron chi connectivity index (χ2n) is 9.27. The molecule has 0 unspecified atom stereocenters. The second-order valence-corrected chi connectivity index (χ2v) is 48.0. The van der Waals surface area contributed by atoms with Crippen LogP contribution in [0.5, 0.6) is 0 Å². The Hall–Kier alpha value is -0.857. The minimum Gasteiger partial charge on any atom is 4.00 e. The standard InChI is InChI=1S/6C5H8O2.6ClH.3Ti/c6*1-4(6)3-5(2)7;;;;;;;;;/h6*3,6H,1-2H3;6*1H;;;/q;;;;;;;;;;;;3*+4/p-12. The number of hydrogen-bond donors (Lipinski definition) is 0. The Labute approximate surface area is 351 Å². The third-order valence-electron chi connectivity index (χ3n) is 2.44. The van der Waals surface area contributed by atoms with Gasteiger partial charge in [-0.3, -0.25) is 28.8 Å². The van der Waals surface area contributed by atoms with Crippen LogP contribution in [0.3, 0.4) is 0 Å². The molecule has 0 fully saturated rings. The van der Waals surface area contributed by atoms with Crippen molar-refractivity contribution in [1.29, 1.82) is 0 Å². The molecule has 0 saturated carbocycles. The molecule has 0 aliphatic heterocycles. The van der Waals surface area contributed by atoms with Crippen molar-refractivity contribution >= 4 is 90.5 Å². The Morgan fingerprint density at radius 3 is 0.373 bits per heavy atom. The fraction of sp³-hybridized carbons (Fsp3) is 0.400. The summed E-state index contributed by atoms with van der Waals surface area (Å²) in [6, 6.07) is 0. The Kier molecular flexibility index (Phi) is 50.7. The van der Waals surface area contributed by atoms with Gasteiger partial charge >= 0.3 is 107 Å². The number of rotatable bonds is 6. The van der Waals surface area contributed by atoms with Crippen molar-refractivity contribution in [2.24, 2.45) is 0 Å². The molecule has 0 aliphatic rings. The van der Waals surface area contributed by atoms with Gasteiger partial charge in [-0.25, -0.2) is 0 Å². The van der Waals surface area contributed by atoms with E-state index in [2.05, 4.69) is 0 Å². The molecule has 0 aromatic heterocycles. The summed E-state index contributed by atoms with van der Waals surface area (Å²) in [6.45, 7) is 16.2.